The number of carbonyl (C=O) groups excluding carboxylic acids is 1. The lowest BCUT2D eigenvalue weighted by Crippen LogP contribution is -2.39. The predicted molar refractivity (Wildman–Crippen MR) is 79.6 cm³/mol. The molecule has 1 unspecified atom stereocenters. The highest BCUT2D eigenvalue weighted by molar-refractivity contribution is 6.33. The monoisotopic (exact) mass is 292 g/mol. The van der Waals surface area contributed by atoms with Gasteiger partial charge in [-0.25, -0.2) is 0 Å². The Hall–Kier alpha value is -1.85. The summed E-state index contributed by atoms with van der Waals surface area (Å²) in [6.45, 7) is 2.30. The molecule has 6 heteroatoms. The van der Waals surface area contributed by atoms with E-state index in [0.29, 0.717) is 23.0 Å². The second-order valence-electron chi connectivity index (χ2n) is 4.65. The number of likely N-dealkylation sites (N-methyl/N-ethyl adjacent to an activating group) is 1. The average Bonchev–Trinajstić information content (AvgIpc) is 2.94. The minimum absolute atomic E-state index is 0.0328. The summed E-state index contributed by atoms with van der Waals surface area (Å²) in [5.74, 6) is -0.145. The van der Waals surface area contributed by atoms with Gasteiger partial charge in [0.15, 0.2) is 0 Å². The zero-order valence-electron chi connectivity index (χ0n) is 11.4. The Morgan fingerprint density at radius 3 is 2.85 bits per heavy atom. The largest absolute Gasteiger partial charge is 0.336 e. The number of nitrogens with one attached hydrogen (secondary N) is 1. The first-order valence-electron chi connectivity index (χ1n) is 6.32. The molecule has 0 aliphatic rings. The number of benzene rings is 1. The molecule has 0 aliphatic heterocycles. The molecule has 0 spiro atoms. The molecule has 0 bridgehead atoms. The predicted octanol–water partition coefficient (Wildman–Crippen LogP) is 2.15. The number of halogens is 1. The van der Waals surface area contributed by atoms with E-state index in [1.165, 1.54) is 0 Å². The summed E-state index contributed by atoms with van der Waals surface area (Å²) in [6.07, 6.45) is 0. The van der Waals surface area contributed by atoms with Crippen LogP contribution in [0.15, 0.2) is 30.3 Å². The summed E-state index contributed by atoms with van der Waals surface area (Å²) in [7, 11) is 1.72. The van der Waals surface area contributed by atoms with E-state index in [2.05, 4.69) is 10.2 Å². The van der Waals surface area contributed by atoms with Gasteiger partial charge in [0.25, 0.3) is 5.91 Å². The molecular weight excluding hydrogens is 276 g/mol. The van der Waals surface area contributed by atoms with Gasteiger partial charge in [-0.2, -0.15) is 5.10 Å². The zero-order valence-corrected chi connectivity index (χ0v) is 12.2. The number of hydrogen-bond donors (Lipinski definition) is 2. The van der Waals surface area contributed by atoms with E-state index in [9.17, 15) is 4.79 Å². The van der Waals surface area contributed by atoms with Crippen molar-refractivity contribution in [3.8, 4) is 11.3 Å². The fraction of sp³-hybridized carbons (Fsp3) is 0.286. The highest BCUT2D eigenvalue weighted by Gasteiger charge is 2.19. The normalized spacial score (nSPS) is 12.2. The maximum absolute atomic E-state index is 12.2. The van der Waals surface area contributed by atoms with E-state index >= 15 is 0 Å². The number of amides is 1. The van der Waals surface area contributed by atoms with Crippen molar-refractivity contribution in [1.29, 1.82) is 0 Å². The fourth-order valence-electron chi connectivity index (χ4n) is 1.79. The molecule has 106 valence electrons. The molecule has 1 heterocycles. The van der Waals surface area contributed by atoms with Crippen molar-refractivity contribution < 1.29 is 4.79 Å². The van der Waals surface area contributed by atoms with Crippen LogP contribution in [0, 0.1) is 0 Å². The van der Waals surface area contributed by atoms with Gasteiger partial charge in [-0.15, -0.1) is 0 Å². The third kappa shape index (κ3) is 2.84. The van der Waals surface area contributed by atoms with Gasteiger partial charge in [0, 0.05) is 25.2 Å². The van der Waals surface area contributed by atoms with Crippen LogP contribution in [0.25, 0.3) is 11.3 Å². The van der Waals surface area contributed by atoms with Crippen molar-refractivity contribution in [3.05, 3.63) is 41.0 Å². The Balaban J connectivity index is 2.26. The van der Waals surface area contributed by atoms with E-state index in [1.807, 2.05) is 25.1 Å². The van der Waals surface area contributed by atoms with Crippen molar-refractivity contribution in [1.82, 2.24) is 15.1 Å². The molecule has 1 atom stereocenters. The third-order valence-corrected chi connectivity index (χ3v) is 3.61. The van der Waals surface area contributed by atoms with E-state index in [1.54, 1.807) is 24.1 Å². The SMILES string of the molecule is CC(CN)N(C)C(=O)c1cc(-c2ccccc2Cl)n[nH]1. The van der Waals surface area contributed by atoms with E-state index in [-0.39, 0.29) is 11.9 Å². The number of nitrogens with zero attached hydrogens (tertiary/aromatic N) is 2. The highest BCUT2D eigenvalue weighted by atomic mass is 35.5. The van der Waals surface area contributed by atoms with E-state index in [0.717, 1.165) is 5.56 Å². The summed E-state index contributed by atoms with van der Waals surface area (Å²) in [4.78, 5) is 13.8. The molecule has 0 radical (unpaired) electrons. The van der Waals surface area contributed by atoms with Crippen LogP contribution >= 0.6 is 11.6 Å². The Morgan fingerprint density at radius 2 is 2.20 bits per heavy atom. The van der Waals surface area contributed by atoms with Crippen molar-refractivity contribution >= 4 is 17.5 Å². The van der Waals surface area contributed by atoms with Crippen LogP contribution in [0.4, 0.5) is 0 Å². The molecular formula is C14H17ClN4O. The highest BCUT2D eigenvalue weighted by Crippen LogP contribution is 2.26. The van der Waals surface area contributed by atoms with Crippen LogP contribution in [-0.4, -0.2) is 40.6 Å². The van der Waals surface area contributed by atoms with E-state index < -0.39 is 0 Å². The van der Waals surface area contributed by atoms with Crippen molar-refractivity contribution in [2.24, 2.45) is 5.73 Å². The van der Waals surface area contributed by atoms with Crippen LogP contribution in [0.5, 0.6) is 0 Å². The minimum atomic E-state index is -0.145. The topological polar surface area (TPSA) is 75.0 Å². The van der Waals surface area contributed by atoms with Crippen LogP contribution in [-0.2, 0) is 0 Å². The lowest BCUT2D eigenvalue weighted by atomic mass is 10.1. The first-order valence-corrected chi connectivity index (χ1v) is 6.70. The molecule has 0 aliphatic carbocycles. The van der Waals surface area contributed by atoms with Crippen LogP contribution in [0.2, 0.25) is 5.02 Å². The number of H-pyrrole nitrogens is 1. The molecule has 5 nitrogen and oxygen atoms in total. The Kier molecular flexibility index (Phi) is 4.42. The molecule has 20 heavy (non-hydrogen) atoms. The molecule has 3 N–H and O–H groups in total. The summed E-state index contributed by atoms with van der Waals surface area (Å²) >= 11 is 6.12. The first-order chi connectivity index (χ1) is 9.54. The number of aromatic nitrogens is 2. The molecule has 1 amide bonds. The van der Waals surface area contributed by atoms with Gasteiger partial charge in [0.2, 0.25) is 0 Å². The number of aromatic amines is 1. The maximum Gasteiger partial charge on any atom is 0.271 e. The van der Waals surface area contributed by atoms with E-state index in [4.69, 9.17) is 17.3 Å². The Labute approximate surface area is 122 Å². The summed E-state index contributed by atoms with van der Waals surface area (Å²) in [5, 5.41) is 7.50. The zero-order chi connectivity index (χ0) is 14.7. The second-order valence-corrected chi connectivity index (χ2v) is 5.05. The fourth-order valence-corrected chi connectivity index (χ4v) is 2.02. The number of rotatable bonds is 4. The molecule has 0 saturated heterocycles. The van der Waals surface area contributed by atoms with Gasteiger partial charge in [-0.1, -0.05) is 29.8 Å². The maximum atomic E-state index is 12.2. The number of carbonyl (C=O) groups is 1. The Bertz CT molecular complexity index is 611. The van der Waals surface area contributed by atoms with Crippen molar-refractivity contribution in [2.75, 3.05) is 13.6 Å². The molecule has 2 aromatic rings. The standard InChI is InChI=1S/C14H17ClN4O/c1-9(8-16)19(2)14(20)13-7-12(17-18-13)10-5-3-4-6-11(10)15/h3-7,9H,8,16H2,1-2H3,(H,17,18). The lowest BCUT2D eigenvalue weighted by Gasteiger charge is -2.22. The lowest BCUT2D eigenvalue weighted by molar-refractivity contribution is 0.0742. The second kappa shape index (κ2) is 6.07. The molecule has 2 rings (SSSR count). The van der Waals surface area contributed by atoms with Crippen molar-refractivity contribution in [3.63, 3.8) is 0 Å². The smallest absolute Gasteiger partial charge is 0.271 e. The summed E-state index contributed by atoms with van der Waals surface area (Å²) in [6, 6.07) is 9.04. The number of nitrogens with two attached hydrogens (primary N) is 1. The van der Waals surface area contributed by atoms with Gasteiger partial charge >= 0.3 is 0 Å². The van der Waals surface area contributed by atoms with Gasteiger partial charge in [0.05, 0.1) is 10.7 Å². The Morgan fingerprint density at radius 1 is 1.50 bits per heavy atom. The molecule has 0 saturated carbocycles. The van der Waals surface area contributed by atoms with Crippen LogP contribution in [0.3, 0.4) is 0 Å². The van der Waals surface area contributed by atoms with Crippen LogP contribution < -0.4 is 5.73 Å². The summed E-state index contributed by atoms with van der Waals surface area (Å²) in [5.41, 5.74) is 7.42. The van der Waals surface area contributed by atoms with Gasteiger partial charge < -0.3 is 10.6 Å². The van der Waals surface area contributed by atoms with Gasteiger partial charge in [-0.3, -0.25) is 9.89 Å². The molecule has 1 aromatic carbocycles. The van der Waals surface area contributed by atoms with Crippen LogP contribution in [0.1, 0.15) is 17.4 Å². The summed E-state index contributed by atoms with van der Waals surface area (Å²) < 4.78 is 0. The third-order valence-electron chi connectivity index (χ3n) is 3.28. The first kappa shape index (κ1) is 14.6. The quantitative estimate of drug-likeness (QED) is 0.906. The average molecular weight is 293 g/mol. The van der Waals surface area contributed by atoms with Crippen molar-refractivity contribution in [2.45, 2.75) is 13.0 Å². The van der Waals surface area contributed by atoms with Gasteiger partial charge in [0.1, 0.15) is 5.69 Å². The molecule has 0 fully saturated rings. The van der Waals surface area contributed by atoms with Gasteiger partial charge in [-0.05, 0) is 19.1 Å². The molecule has 1 aromatic heterocycles. The number of hydrogen-bond acceptors (Lipinski definition) is 3. The minimum Gasteiger partial charge on any atom is -0.336 e.